The molecule has 3 fully saturated rings. The molecule has 0 spiro atoms. The number of ether oxygens (including phenoxy) is 1. The Morgan fingerprint density at radius 3 is 2.16 bits per heavy atom. The molecule has 4 N–H and O–H groups in total. The monoisotopic (exact) mass is 754 g/mol. The molecule has 3 amide bonds. The van der Waals surface area contributed by atoms with Crippen LogP contribution in [-0.4, -0.2) is 90.1 Å². The lowest BCUT2D eigenvalue weighted by Crippen LogP contribution is -2.58. The summed E-state index contributed by atoms with van der Waals surface area (Å²) in [5.41, 5.74) is 15.5. The van der Waals surface area contributed by atoms with Crippen LogP contribution in [0.1, 0.15) is 71.6 Å². The van der Waals surface area contributed by atoms with Crippen LogP contribution in [-0.2, 0) is 16.1 Å². The molecule has 8 rings (SSSR count). The first-order valence-electron chi connectivity index (χ1n) is 19.9. The lowest BCUT2D eigenvalue weighted by atomic mass is 9.88. The summed E-state index contributed by atoms with van der Waals surface area (Å²) in [6.07, 6.45) is 3.56. The third-order valence-electron chi connectivity index (χ3n) is 11.6. The van der Waals surface area contributed by atoms with E-state index in [2.05, 4.69) is 75.4 Å². The summed E-state index contributed by atoms with van der Waals surface area (Å²) in [5.74, 6) is 0.289. The number of fused-ring (bicyclic) bond motifs is 1. The average molecular weight is 755 g/mol. The zero-order chi connectivity index (χ0) is 38.6. The zero-order valence-electron chi connectivity index (χ0n) is 31.9. The number of allylic oxidation sites excluding steroid dienone is 1. The van der Waals surface area contributed by atoms with Crippen LogP contribution in [0.2, 0.25) is 0 Å². The van der Waals surface area contributed by atoms with Crippen molar-refractivity contribution in [1.29, 1.82) is 0 Å². The van der Waals surface area contributed by atoms with Gasteiger partial charge in [0.05, 0.1) is 6.04 Å². The number of phenols is 1. The molecule has 0 saturated carbocycles. The minimum Gasteiger partial charge on any atom is -0.508 e. The highest BCUT2D eigenvalue weighted by molar-refractivity contribution is 6.05. The minimum atomic E-state index is -0.599. The summed E-state index contributed by atoms with van der Waals surface area (Å²) in [6.45, 7) is 7.81. The Bertz CT molecular complexity index is 2070. The van der Waals surface area contributed by atoms with E-state index in [1.165, 1.54) is 11.1 Å². The first-order valence-corrected chi connectivity index (χ1v) is 19.9. The normalized spacial score (nSPS) is 22.1. The maximum Gasteiger partial charge on any atom is 0.255 e. The Hall–Kier alpha value is -5.49. The fourth-order valence-corrected chi connectivity index (χ4v) is 8.52. The lowest BCUT2D eigenvalue weighted by molar-refractivity contribution is -0.136. The molecule has 3 unspecified atom stereocenters. The highest BCUT2D eigenvalue weighted by atomic mass is 16.5. The highest BCUT2D eigenvalue weighted by Crippen LogP contribution is 2.36. The van der Waals surface area contributed by atoms with Crippen LogP contribution < -0.4 is 25.8 Å². The van der Waals surface area contributed by atoms with E-state index < -0.39 is 6.04 Å². The SMILES string of the molecule is CC/C(=C(\c1ccc(O)cc1)c1ccc(OCC2CCC(CN3CCN(c4ccc5c(c4)CN(C4CCC(=O)NC4=O)C5=O)CC3)NN2)cc1)c1ccccc1. The fraction of sp³-hybridized carbons (Fsp3) is 0.356. The van der Waals surface area contributed by atoms with Gasteiger partial charge in [-0.2, -0.15) is 0 Å². The summed E-state index contributed by atoms with van der Waals surface area (Å²) < 4.78 is 6.27. The third-order valence-corrected chi connectivity index (χ3v) is 11.6. The number of amides is 3. The van der Waals surface area contributed by atoms with Gasteiger partial charge in [-0.25, -0.2) is 0 Å². The molecule has 11 heteroatoms. The van der Waals surface area contributed by atoms with Gasteiger partial charge in [0, 0.05) is 63.0 Å². The summed E-state index contributed by atoms with van der Waals surface area (Å²) in [7, 11) is 0. The van der Waals surface area contributed by atoms with E-state index in [9.17, 15) is 19.5 Å². The number of hydrogen-bond acceptors (Lipinski definition) is 9. The van der Waals surface area contributed by atoms with Crippen LogP contribution in [0, 0.1) is 0 Å². The first-order chi connectivity index (χ1) is 27.3. The Morgan fingerprint density at radius 1 is 0.786 bits per heavy atom. The number of piperidine rings is 1. The number of hydrazine groups is 1. The molecular weight excluding hydrogens is 705 g/mol. The predicted molar refractivity (Wildman–Crippen MR) is 217 cm³/mol. The number of nitrogens with one attached hydrogen (secondary N) is 3. The van der Waals surface area contributed by atoms with Crippen LogP contribution in [0.25, 0.3) is 11.1 Å². The Morgan fingerprint density at radius 2 is 1.48 bits per heavy atom. The Kier molecular flexibility index (Phi) is 11.2. The average Bonchev–Trinajstić information content (AvgIpc) is 3.55. The number of anilines is 1. The molecule has 0 aromatic heterocycles. The topological polar surface area (TPSA) is 126 Å². The molecule has 4 aromatic carbocycles. The second-order valence-electron chi connectivity index (χ2n) is 15.2. The predicted octanol–water partition coefficient (Wildman–Crippen LogP) is 5.35. The van der Waals surface area contributed by atoms with E-state index in [0.29, 0.717) is 31.2 Å². The van der Waals surface area contributed by atoms with Gasteiger partial charge >= 0.3 is 0 Å². The minimum absolute atomic E-state index is 0.138. The van der Waals surface area contributed by atoms with Crippen molar-refractivity contribution in [3.8, 4) is 11.5 Å². The van der Waals surface area contributed by atoms with Gasteiger partial charge in [0.15, 0.2) is 0 Å². The molecule has 3 saturated heterocycles. The smallest absolute Gasteiger partial charge is 0.255 e. The molecule has 56 heavy (non-hydrogen) atoms. The van der Waals surface area contributed by atoms with Gasteiger partial charge < -0.3 is 19.6 Å². The van der Waals surface area contributed by atoms with E-state index in [1.807, 2.05) is 42.5 Å². The van der Waals surface area contributed by atoms with Crippen molar-refractivity contribution < 1.29 is 24.2 Å². The van der Waals surface area contributed by atoms with Gasteiger partial charge in [-0.3, -0.25) is 35.5 Å². The number of carbonyl (C=O) groups is 3. The summed E-state index contributed by atoms with van der Waals surface area (Å²) in [5, 5.41) is 12.3. The van der Waals surface area contributed by atoms with Crippen molar-refractivity contribution in [2.45, 2.75) is 63.7 Å². The Balaban J connectivity index is 0.801. The van der Waals surface area contributed by atoms with Gasteiger partial charge in [-0.1, -0.05) is 61.5 Å². The van der Waals surface area contributed by atoms with E-state index in [-0.39, 0.29) is 35.9 Å². The number of benzene rings is 4. The highest BCUT2D eigenvalue weighted by Gasteiger charge is 2.39. The van der Waals surface area contributed by atoms with Crippen molar-refractivity contribution in [2.24, 2.45) is 0 Å². The van der Waals surface area contributed by atoms with Crippen LogP contribution in [0.15, 0.2) is 97.1 Å². The van der Waals surface area contributed by atoms with Crippen LogP contribution in [0.4, 0.5) is 5.69 Å². The van der Waals surface area contributed by atoms with Gasteiger partial charge in [0.25, 0.3) is 5.91 Å². The van der Waals surface area contributed by atoms with Crippen molar-refractivity contribution in [3.05, 3.63) is 125 Å². The number of carbonyl (C=O) groups excluding carboxylic acids is 3. The van der Waals surface area contributed by atoms with Crippen LogP contribution in [0.5, 0.6) is 11.5 Å². The summed E-state index contributed by atoms with van der Waals surface area (Å²) in [6, 6.07) is 32.2. The number of imide groups is 1. The molecule has 11 nitrogen and oxygen atoms in total. The molecule has 4 heterocycles. The zero-order valence-corrected chi connectivity index (χ0v) is 31.9. The Labute approximate surface area is 328 Å². The largest absolute Gasteiger partial charge is 0.508 e. The second-order valence-corrected chi connectivity index (χ2v) is 15.2. The molecular formula is C45H50N6O5. The van der Waals surface area contributed by atoms with Gasteiger partial charge in [0.2, 0.25) is 11.8 Å². The molecule has 4 aliphatic rings. The fourth-order valence-electron chi connectivity index (χ4n) is 8.52. The molecule has 4 aromatic rings. The van der Waals surface area contributed by atoms with Crippen molar-refractivity contribution in [1.82, 2.24) is 26.0 Å². The first kappa shape index (κ1) is 37.4. The summed E-state index contributed by atoms with van der Waals surface area (Å²) in [4.78, 5) is 43.7. The van der Waals surface area contributed by atoms with E-state index in [0.717, 1.165) is 85.7 Å². The van der Waals surface area contributed by atoms with Gasteiger partial charge in [-0.05, 0) is 102 Å². The van der Waals surface area contributed by atoms with E-state index in [1.54, 1.807) is 17.0 Å². The molecule has 0 aliphatic carbocycles. The number of rotatable bonds is 11. The van der Waals surface area contributed by atoms with Crippen LogP contribution in [0.3, 0.4) is 0 Å². The quantitative estimate of drug-likeness (QED) is 0.119. The lowest BCUT2D eigenvalue weighted by Gasteiger charge is -2.39. The molecule has 3 atom stereocenters. The van der Waals surface area contributed by atoms with Gasteiger partial charge in [-0.15, -0.1) is 0 Å². The maximum absolute atomic E-state index is 13.1. The third kappa shape index (κ3) is 8.21. The van der Waals surface area contributed by atoms with E-state index >= 15 is 0 Å². The number of aromatic hydroxyl groups is 1. The number of nitrogens with zero attached hydrogens (tertiary/aromatic N) is 3. The van der Waals surface area contributed by atoms with Crippen molar-refractivity contribution in [2.75, 3.05) is 44.2 Å². The second kappa shape index (κ2) is 16.7. The standard InChI is InChI=1S/C45H50N6O5/c1-2-39(30-6-4-3-5-7-30)43(31-8-15-37(52)16-9-31)32-10-17-38(18-11-32)56-29-35-13-12-34(47-48-35)28-49-22-24-50(25-23-49)36-14-19-40-33(26-36)27-51(45(40)55)41-20-21-42(53)46-44(41)54/h3-11,14-19,26,34-35,41,47-48,52H,2,12-13,20-25,27-29H2,1H3,(H,46,53,54)/b43-39-. The molecule has 4 aliphatic heterocycles. The number of piperazine rings is 1. The van der Waals surface area contributed by atoms with Crippen LogP contribution >= 0.6 is 0 Å². The van der Waals surface area contributed by atoms with Crippen molar-refractivity contribution >= 4 is 34.6 Å². The molecule has 0 radical (unpaired) electrons. The van der Waals surface area contributed by atoms with E-state index in [4.69, 9.17) is 4.74 Å². The molecule has 0 bridgehead atoms. The van der Waals surface area contributed by atoms with Gasteiger partial charge in [0.1, 0.15) is 24.1 Å². The maximum atomic E-state index is 13.1. The number of phenolic OH excluding ortho intramolecular Hbond substituents is 1. The molecule has 290 valence electrons. The van der Waals surface area contributed by atoms with Crippen molar-refractivity contribution in [3.63, 3.8) is 0 Å². The summed E-state index contributed by atoms with van der Waals surface area (Å²) >= 11 is 0. The number of hydrogen-bond donors (Lipinski definition) is 4.